The molecule has 25 heavy (non-hydrogen) atoms. The van der Waals surface area contributed by atoms with Crippen LogP contribution in [0.5, 0.6) is 5.75 Å². The molecule has 0 unspecified atom stereocenters. The van der Waals surface area contributed by atoms with Gasteiger partial charge in [0.1, 0.15) is 5.75 Å². The number of anilines is 2. The molecule has 0 heterocycles. The fourth-order valence-electron chi connectivity index (χ4n) is 2.82. The molecule has 0 aromatic heterocycles. The monoisotopic (exact) mass is 338 g/mol. The van der Waals surface area contributed by atoms with Crippen molar-refractivity contribution >= 4 is 23.2 Å². The molecule has 0 radical (unpaired) electrons. The molecule has 2 aromatic carbocycles. The van der Waals surface area contributed by atoms with Crippen LogP contribution in [0, 0.1) is 0 Å². The predicted molar refractivity (Wildman–Crippen MR) is 98.0 cm³/mol. The van der Waals surface area contributed by atoms with E-state index in [0.717, 1.165) is 35.5 Å². The molecule has 1 fully saturated rings. The summed E-state index contributed by atoms with van der Waals surface area (Å²) in [6.45, 7) is 1.59. The van der Waals surface area contributed by atoms with Crippen molar-refractivity contribution in [3.8, 4) is 5.75 Å². The standard InChI is InChI=1S/C20H22N2O3/c1-14(23)22(18-9-10-18)17-7-5-16(6-8-17)21-20(24)13-15-3-11-19(25-2)12-4-15/h3-8,11-12,18H,9-10,13H2,1-2H3,(H,21,24). The van der Waals surface area contributed by atoms with Gasteiger partial charge in [-0.25, -0.2) is 0 Å². The summed E-state index contributed by atoms with van der Waals surface area (Å²) in [5, 5.41) is 2.89. The van der Waals surface area contributed by atoms with Gasteiger partial charge in [0, 0.05) is 24.3 Å². The van der Waals surface area contributed by atoms with E-state index in [0.29, 0.717) is 12.5 Å². The number of amides is 2. The van der Waals surface area contributed by atoms with Crippen LogP contribution in [0.2, 0.25) is 0 Å². The first-order valence-electron chi connectivity index (χ1n) is 8.39. The third kappa shape index (κ3) is 4.38. The summed E-state index contributed by atoms with van der Waals surface area (Å²) in [6, 6.07) is 15.2. The fraction of sp³-hybridized carbons (Fsp3) is 0.300. The molecular formula is C20H22N2O3. The Bertz CT molecular complexity index is 750. The molecule has 2 aromatic rings. The maximum Gasteiger partial charge on any atom is 0.228 e. The van der Waals surface area contributed by atoms with E-state index >= 15 is 0 Å². The van der Waals surface area contributed by atoms with E-state index in [-0.39, 0.29) is 11.8 Å². The summed E-state index contributed by atoms with van der Waals surface area (Å²) in [7, 11) is 1.61. The highest BCUT2D eigenvalue weighted by molar-refractivity contribution is 5.94. The van der Waals surface area contributed by atoms with Gasteiger partial charge in [-0.05, 0) is 54.8 Å². The van der Waals surface area contributed by atoms with Crippen LogP contribution in [0.3, 0.4) is 0 Å². The molecule has 0 saturated heterocycles. The Balaban J connectivity index is 1.60. The second-order valence-electron chi connectivity index (χ2n) is 6.24. The highest BCUT2D eigenvalue weighted by Gasteiger charge is 2.31. The van der Waals surface area contributed by atoms with Crippen molar-refractivity contribution in [3.05, 3.63) is 54.1 Å². The Labute approximate surface area is 147 Å². The largest absolute Gasteiger partial charge is 0.497 e. The smallest absolute Gasteiger partial charge is 0.228 e. The van der Waals surface area contributed by atoms with Gasteiger partial charge >= 0.3 is 0 Å². The topological polar surface area (TPSA) is 58.6 Å². The minimum absolute atomic E-state index is 0.0544. The number of hydrogen-bond donors (Lipinski definition) is 1. The number of nitrogens with zero attached hydrogens (tertiary/aromatic N) is 1. The highest BCUT2D eigenvalue weighted by atomic mass is 16.5. The van der Waals surface area contributed by atoms with Crippen LogP contribution in [0.25, 0.3) is 0 Å². The quantitative estimate of drug-likeness (QED) is 0.878. The summed E-state index contributed by atoms with van der Waals surface area (Å²) < 4.78 is 5.11. The number of carbonyl (C=O) groups is 2. The van der Waals surface area contributed by atoms with Gasteiger partial charge < -0.3 is 15.0 Å². The molecule has 5 heteroatoms. The minimum Gasteiger partial charge on any atom is -0.497 e. The molecule has 5 nitrogen and oxygen atoms in total. The molecule has 2 amide bonds. The molecule has 1 saturated carbocycles. The molecule has 0 aliphatic heterocycles. The predicted octanol–water partition coefficient (Wildman–Crippen LogP) is 3.39. The Morgan fingerprint density at radius 1 is 1.08 bits per heavy atom. The van der Waals surface area contributed by atoms with Crippen LogP contribution < -0.4 is 15.0 Å². The fourth-order valence-corrected chi connectivity index (χ4v) is 2.82. The van der Waals surface area contributed by atoms with Crippen molar-refractivity contribution in [1.29, 1.82) is 0 Å². The lowest BCUT2D eigenvalue weighted by Gasteiger charge is -2.21. The molecule has 0 atom stereocenters. The van der Waals surface area contributed by atoms with Crippen molar-refractivity contribution in [2.45, 2.75) is 32.2 Å². The summed E-state index contributed by atoms with van der Waals surface area (Å²) in [4.78, 5) is 25.8. The summed E-state index contributed by atoms with van der Waals surface area (Å²) in [6.07, 6.45) is 2.41. The summed E-state index contributed by atoms with van der Waals surface area (Å²) in [5.41, 5.74) is 2.52. The first-order chi connectivity index (χ1) is 12.1. The summed E-state index contributed by atoms with van der Waals surface area (Å²) in [5.74, 6) is 0.743. The van der Waals surface area contributed by atoms with Crippen LogP contribution in [0.15, 0.2) is 48.5 Å². The zero-order valence-corrected chi connectivity index (χ0v) is 14.5. The van der Waals surface area contributed by atoms with E-state index in [2.05, 4.69) is 5.32 Å². The van der Waals surface area contributed by atoms with Gasteiger partial charge in [0.2, 0.25) is 11.8 Å². The second-order valence-corrected chi connectivity index (χ2v) is 6.24. The average Bonchev–Trinajstić information content (AvgIpc) is 3.42. The molecule has 130 valence electrons. The number of rotatable bonds is 6. The van der Waals surface area contributed by atoms with Gasteiger partial charge in [-0.1, -0.05) is 12.1 Å². The molecule has 0 spiro atoms. The molecule has 0 bridgehead atoms. The lowest BCUT2D eigenvalue weighted by atomic mass is 10.1. The number of nitrogens with one attached hydrogen (secondary N) is 1. The van der Waals surface area contributed by atoms with E-state index < -0.39 is 0 Å². The van der Waals surface area contributed by atoms with Gasteiger partial charge in [-0.2, -0.15) is 0 Å². The average molecular weight is 338 g/mol. The van der Waals surface area contributed by atoms with Crippen molar-refractivity contribution in [1.82, 2.24) is 0 Å². The lowest BCUT2D eigenvalue weighted by Crippen LogP contribution is -2.30. The number of carbonyl (C=O) groups excluding carboxylic acids is 2. The van der Waals surface area contributed by atoms with E-state index in [1.54, 1.807) is 14.0 Å². The zero-order chi connectivity index (χ0) is 17.8. The van der Waals surface area contributed by atoms with Crippen LogP contribution in [0.4, 0.5) is 11.4 Å². The normalized spacial score (nSPS) is 13.2. The number of ether oxygens (including phenoxy) is 1. The number of methoxy groups -OCH3 is 1. The van der Waals surface area contributed by atoms with Crippen molar-refractivity contribution in [2.24, 2.45) is 0 Å². The van der Waals surface area contributed by atoms with Crippen LogP contribution in [-0.4, -0.2) is 25.0 Å². The molecule has 1 aliphatic carbocycles. The van der Waals surface area contributed by atoms with Crippen LogP contribution in [0.1, 0.15) is 25.3 Å². The number of benzene rings is 2. The maximum atomic E-state index is 12.2. The van der Waals surface area contributed by atoms with E-state index in [1.165, 1.54) is 0 Å². The number of hydrogen-bond acceptors (Lipinski definition) is 3. The molecule has 1 aliphatic rings. The lowest BCUT2D eigenvalue weighted by molar-refractivity contribution is -0.117. The second kappa shape index (κ2) is 7.38. The van der Waals surface area contributed by atoms with E-state index in [4.69, 9.17) is 4.74 Å². The van der Waals surface area contributed by atoms with Crippen molar-refractivity contribution in [3.63, 3.8) is 0 Å². The first-order valence-corrected chi connectivity index (χ1v) is 8.39. The van der Waals surface area contributed by atoms with Crippen molar-refractivity contribution < 1.29 is 14.3 Å². The minimum atomic E-state index is -0.0801. The van der Waals surface area contributed by atoms with Gasteiger partial charge in [0.15, 0.2) is 0 Å². The SMILES string of the molecule is COc1ccc(CC(=O)Nc2ccc(N(C(C)=O)C3CC3)cc2)cc1. The Morgan fingerprint density at radius 2 is 1.72 bits per heavy atom. The van der Waals surface area contributed by atoms with Gasteiger partial charge in [-0.3, -0.25) is 9.59 Å². The van der Waals surface area contributed by atoms with Gasteiger partial charge in [0.25, 0.3) is 0 Å². The molecule has 3 rings (SSSR count). The highest BCUT2D eigenvalue weighted by Crippen LogP contribution is 2.32. The molecule has 1 N–H and O–H groups in total. The summed E-state index contributed by atoms with van der Waals surface area (Å²) >= 11 is 0. The van der Waals surface area contributed by atoms with Crippen molar-refractivity contribution in [2.75, 3.05) is 17.3 Å². The van der Waals surface area contributed by atoms with Gasteiger partial charge in [-0.15, -0.1) is 0 Å². The third-order valence-electron chi connectivity index (χ3n) is 4.20. The van der Waals surface area contributed by atoms with Crippen LogP contribution in [-0.2, 0) is 16.0 Å². The van der Waals surface area contributed by atoms with Crippen LogP contribution >= 0.6 is 0 Å². The van der Waals surface area contributed by atoms with E-state index in [1.807, 2.05) is 53.4 Å². The van der Waals surface area contributed by atoms with E-state index in [9.17, 15) is 9.59 Å². The zero-order valence-electron chi connectivity index (χ0n) is 14.5. The Kier molecular flexibility index (Phi) is 5.03. The first kappa shape index (κ1) is 17.0. The third-order valence-corrected chi connectivity index (χ3v) is 4.20. The maximum absolute atomic E-state index is 12.2. The Hall–Kier alpha value is -2.82. The Morgan fingerprint density at radius 3 is 2.24 bits per heavy atom. The molecular weight excluding hydrogens is 316 g/mol. The van der Waals surface area contributed by atoms with Gasteiger partial charge in [0.05, 0.1) is 13.5 Å².